The summed E-state index contributed by atoms with van der Waals surface area (Å²) in [4.78, 5) is 30.2. The van der Waals surface area contributed by atoms with Crippen molar-refractivity contribution in [3.8, 4) is 6.07 Å². The normalized spacial score (nSPS) is 32.0. The molecule has 1 unspecified atom stereocenters. The minimum Gasteiger partial charge on any atom is -0.370 e. The number of urea groups is 1. The van der Waals surface area contributed by atoms with Gasteiger partial charge in [0.2, 0.25) is 5.91 Å². The summed E-state index contributed by atoms with van der Waals surface area (Å²) in [5.41, 5.74) is 1.67. The Kier molecular flexibility index (Phi) is 6.05. The third-order valence-corrected chi connectivity index (χ3v) is 8.47. The van der Waals surface area contributed by atoms with Crippen LogP contribution in [-0.4, -0.2) is 54.6 Å². The van der Waals surface area contributed by atoms with Crippen molar-refractivity contribution in [2.75, 3.05) is 31.1 Å². The van der Waals surface area contributed by atoms with Gasteiger partial charge in [-0.1, -0.05) is 0 Å². The predicted octanol–water partition coefficient (Wildman–Crippen LogP) is 3.25. The van der Waals surface area contributed by atoms with E-state index in [0.717, 1.165) is 75.3 Å². The largest absolute Gasteiger partial charge is 0.370 e. The van der Waals surface area contributed by atoms with Crippen LogP contribution in [0.1, 0.15) is 57.4 Å². The summed E-state index contributed by atoms with van der Waals surface area (Å²) in [5, 5.41) is 14.9. The number of carbonyl (C=O) groups excluding carboxylic acids is 2. The first-order valence-electron chi connectivity index (χ1n) is 12.6. The first-order chi connectivity index (χ1) is 15.9. The summed E-state index contributed by atoms with van der Waals surface area (Å²) in [6.07, 6.45) is 8.15. The summed E-state index contributed by atoms with van der Waals surface area (Å²) >= 11 is 0. The van der Waals surface area contributed by atoms with Gasteiger partial charge in [-0.2, -0.15) is 5.26 Å². The van der Waals surface area contributed by atoms with Gasteiger partial charge in [-0.3, -0.25) is 15.0 Å². The van der Waals surface area contributed by atoms with Crippen LogP contribution in [0.5, 0.6) is 0 Å². The minimum atomic E-state index is -0.354. The Morgan fingerprint density at radius 1 is 1.00 bits per heavy atom. The second-order valence-electron chi connectivity index (χ2n) is 10.9. The maximum Gasteiger partial charge on any atom is 0.321 e. The Labute approximate surface area is 196 Å². The molecule has 5 fully saturated rings. The lowest BCUT2D eigenvalue weighted by Crippen LogP contribution is -2.62. The van der Waals surface area contributed by atoms with Crippen LogP contribution >= 0.6 is 0 Å². The molecule has 0 spiro atoms. The van der Waals surface area contributed by atoms with E-state index in [9.17, 15) is 9.59 Å². The lowest BCUT2D eigenvalue weighted by Gasteiger charge is -2.56. The van der Waals surface area contributed by atoms with Crippen molar-refractivity contribution in [2.24, 2.45) is 17.8 Å². The van der Waals surface area contributed by atoms with Crippen LogP contribution in [0.15, 0.2) is 24.3 Å². The standard InChI is InChI=1S/C26H35N5O2/c1-18(30-7-2-8-31(10-9-30)23-5-3-19(17-27)4-6-23)24(32)28-25(33)29-26-14-20-11-21(15-26)13-22(12-20)16-26/h3-6,18,20-22H,2,7-16H2,1H3,(H2,28,29,32,33). The molecule has 33 heavy (non-hydrogen) atoms. The molecule has 7 nitrogen and oxygen atoms in total. The molecule has 176 valence electrons. The smallest absolute Gasteiger partial charge is 0.321 e. The van der Waals surface area contributed by atoms with Crippen molar-refractivity contribution in [3.05, 3.63) is 29.8 Å². The second-order valence-corrected chi connectivity index (χ2v) is 10.9. The third kappa shape index (κ3) is 4.72. The van der Waals surface area contributed by atoms with Crippen molar-refractivity contribution in [1.29, 1.82) is 5.26 Å². The number of carbonyl (C=O) groups is 2. The Morgan fingerprint density at radius 3 is 2.24 bits per heavy atom. The molecule has 7 heteroatoms. The molecule has 1 saturated heterocycles. The van der Waals surface area contributed by atoms with E-state index in [1.54, 1.807) is 0 Å². The molecule has 1 aromatic carbocycles. The number of nitriles is 1. The molecule has 0 radical (unpaired) electrons. The van der Waals surface area contributed by atoms with E-state index in [0.29, 0.717) is 5.56 Å². The fourth-order valence-corrected chi connectivity index (χ4v) is 7.25. The topological polar surface area (TPSA) is 88.5 Å². The average molecular weight is 450 g/mol. The molecule has 4 bridgehead atoms. The van der Waals surface area contributed by atoms with E-state index in [4.69, 9.17) is 5.26 Å². The number of hydrogen-bond donors (Lipinski definition) is 2. The minimum absolute atomic E-state index is 0.0907. The van der Waals surface area contributed by atoms with E-state index < -0.39 is 0 Å². The van der Waals surface area contributed by atoms with Gasteiger partial charge in [0.25, 0.3) is 0 Å². The zero-order chi connectivity index (χ0) is 23.0. The molecule has 5 aliphatic rings. The van der Waals surface area contributed by atoms with E-state index >= 15 is 0 Å². The van der Waals surface area contributed by atoms with Gasteiger partial charge in [0.15, 0.2) is 0 Å². The van der Waals surface area contributed by atoms with Gasteiger partial charge in [0.05, 0.1) is 17.7 Å². The molecule has 2 N–H and O–H groups in total. The molecule has 1 atom stereocenters. The van der Waals surface area contributed by atoms with Gasteiger partial charge in [-0.05, 0) is 93.9 Å². The van der Waals surface area contributed by atoms with Crippen molar-refractivity contribution in [2.45, 2.75) is 63.5 Å². The van der Waals surface area contributed by atoms with Crippen LogP contribution in [0.4, 0.5) is 10.5 Å². The number of anilines is 1. The summed E-state index contributed by atoms with van der Waals surface area (Å²) in [7, 11) is 0. The number of nitrogens with one attached hydrogen (secondary N) is 2. The van der Waals surface area contributed by atoms with Crippen LogP contribution in [0.25, 0.3) is 0 Å². The number of nitrogens with zero attached hydrogens (tertiary/aromatic N) is 3. The van der Waals surface area contributed by atoms with Gasteiger partial charge in [-0.25, -0.2) is 4.79 Å². The van der Waals surface area contributed by atoms with Crippen LogP contribution < -0.4 is 15.5 Å². The fraction of sp³-hybridized carbons (Fsp3) is 0.654. The molecule has 1 aliphatic heterocycles. The number of imide groups is 1. The van der Waals surface area contributed by atoms with Crippen molar-refractivity contribution < 1.29 is 9.59 Å². The first kappa shape index (κ1) is 22.2. The Morgan fingerprint density at radius 2 is 1.64 bits per heavy atom. The molecule has 3 amide bonds. The molecule has 0 aromatic heterocycles. The summed E-state index contributed by atoms with van der Waals surface area (Å²) in [5.74, 6) is 2.04. The lowest BCUT2D eigenvalue weighted by atomic mass is 9.53. The van der Waals surface area contributed by atoms with Gasteiger partial charge in [-0.15, -0.1) is 0 Å². The fourth-order valence-electron chi connectivity index (χ4n) is 7.25. The van der Waals surface area contributed by atoms with Gasteiger partial charge < -0.3 is 10.2 Å². The average Bonchev–Trinajstić information content (AvgIpc) is 3.03. The Balaban J connectivity index is 1.13. The van der Waals surface area contributed by atoms with Crippen molar-refractivity contribution >= 4 is 17.6 Å². The molecular weight excluding hydrogens is 414 g/mol. The Bertz CT molecular complexity index is 902. The lowest BCUT2D eigenvalue weighted by molar-refractivity contribution is -0.124. The number of hydrogen-bond acceptors (Lipinski definition) is 5. The van der Waals surface area contributed by atoms with Crippen LogP contribution in [0.3, 0.4) is 0 Å². The molecule has 1 heterocycles. The van der Waals surface area contributed by atoms with Gasteiger partial charge >= 0.3 is 6.03 Å². The van der Waals surface area contributed by atoms with Gasteiger partial charge in [0.1, 0.15) is 0 Å². The first-order valence-corrected chi connectivity index (χ1v) is 12.6. The zero-order valence-electron chi connectivity index (χ0n) is 19.6. The maximum atomic E-state index is 12.9. The van der Waals surface area contributed by atoms with Crippen LogP contribution in [-0.2, 0) is 4.79 Å². The number of benzene rings is 1. The quantitative estimate of drug-likeness (QED) is 0.737. The van der Waals surface area contributed by atoms with E-state index in [-0.39, 0.29) is 23.5 Å². The van der Waals surface area contributed by atoms with E-state index in [1.165, 1.54) is 19.3 Å². The molecule has 1 aromatic rings. The highest BCUT2D eigenvalue weighted by Gasteiger charge is 2.51. The highest BCUT2D eigenvalue weighted by atomic mass is 16.2. The SMILES string of the molecule is CC(C(=O)NC(=O)NC12CC3CC(CC(C3)C1)C2)N1CCCN(c2ccc(C#N)cc2)CC1. The predicted molar refractivity (Wildman–Crippen MR) is 127 cm³/mol. The summed E-state index contributed by atoms with van der Waals surface area (Å²) in [6, 6.07) is 9.14. The number of amides is 3. The van der Waals surface area contributed by atoms with Crippen LogP contribution in [0.2, 0.25) is 0 Å². The molecular formula is C26H35N5O2. The van der Waals surface area contributed by atoms with E-state index in [2.05, 4.69) is 26.5 Å². The van der Waals surface area contributed by atoms with Gasteiger partial charge in [0, 0.05) is 37.4 Å². The highest BCUT2D eigenvalue weighted by molar-refractivity contribution is 5.97. The molecule has 4 aliphatic carbocycles. The molecule has 4 saturated carbocycles. The zero-order valence-corrected chi connectivity index (χ0v) is 19.6. The number of rotatable bonds is 4. The third-order valence-electron chi connectivity index (χ3n) is 8.47. The molecule has 6 rings (SSSR count). The monoisotopic (exact) mass is 449 g/mol. The van der Waals surface area contributed by atoms with Crippen molar-refractivity contribution in [3.63, 3.8) is 0 Å². The van der Waals surface area contributed by atoms with E-state index in [1.807, 2.05) is 31.2 Å². The van der Waals surface area contributed by atoms with Crippen LogP contribution in [0, 0.1) is 29.1 Å². The second kappa shape index (κ2) is 8.98. The maximum absolute atomic E-state index is 12.9. The van der Waals surface area contributed by atoms with Crippen molar-refractivity contribution in [1.82, 2.24) is 15.5 Å². The summed E-state index contributed by atoms with van der Waals surface area (Å²) < 4.78 is 0. The highest BCUT2D eigenvalue weighted by Crippen LogP contribution is 2.55. The summed E-state index contributed by atoms with van der Waals surface area (Å²) in [6.45, 7) is 5.18. The Hall–Kier alpha value is -2.59.